The molecule has 0 heterocycles. The number of carbonyl (C=O) groups excluding carboxylic acids is 1. The van der Waals surface area contributed by atoms with E-state index >= 15 is 0 Å². The fourth-order valence-corrected chi connectivity index (χ4v) is 1.51. The number of amides is 1. The van der Waals surface area contributed by atoms with Crippen LogP contribution in [0.4, 0.5) is 0 Å². The van der Waals surface area contributed by atoms with E-state index in [1.807, 2.05) is 6.92 Å². The molecule has 1 atom stereocenters. The van der Waals surface area contributed by atoms with E-state index in [1.165, 1.54) is 0 Å². The van der Waals surface area contributed by atoms with Gasteiger partial charge in [0.05, 0.1) is 6.54 Å². The van der Waals surface area contributed by atoms with Gasteiger partial charge < -0.3 is 15.4 Å². The van der Waals surface area contributed by atoms with E-state index in [4.69, 9.17) is 22.1 Å². The van der Waals surface area contributed by atoms with Gasteiger partial charge in [0.2, 0.25) is 5.91 Å². The third-order valence-corrected chi connectivity index (χ3v) is 2.68. The summed E-state index contributed by atoms with van der Waals surface area (Å²) in [5, 5.41) is 0.673. The third-order valence-electron chi connectivity index (χ3n) is 2.43. The lowest BCUT2D eigenvalue weighted by Crippen LogP contribution is -2.34. The number of hydrogen-bond acceptors (Lipinski definition) is 3. The van der Waals surface area contributed by atoms with Crippen molar-refractivity contribution in [2.24, 2.45) is 5.73 Å². The van der Waals surface area contributed by atoms with E-state index < -0.39 is 0 Å². The lowest BCUT2D eigenvalue weighted by molar-refractivity contribution is -0.130. The van der Waals surface area contributed by atoms with E-state index in [9.17, 15) is 4.79 Å². The molecule has 1 rings (SSSR count). The summed E-state index contributed by atoms with van der Waals surface area (Å²) >= 11 is 5.77. The van der Waals surface area contributed by atoms with Gasteiger partial charge in [-0.3, -0.25) is 4.79 Å². The SMILES string of the molecule is CC(N)CC(=O)N(C)CCOc1ccc(Cl)cc1. The highest BCUT2D eigenvalue weighted by atomic mass is 35.5. The van der Waals surface area contributed by atoms with Crippen molar-refractivity contribution < 1.29 is 9.53 Å². The summed E-state index contributed by atoms with van der Waals surface area (Å²) < 4.78 is 5.50. The number of hydrogen-bond donors (Lipinski definition) is 1. The van der Waals surface area contributed by atoms with Gasteiger partial charge in [0.15, 0.2) is 0 Å². The molecule has 5 heteroatoms. The Hall–Kier alpha value is -1.26. The van der Waals surface area contributed by atoms with Gasteiger partial charge in [-0.1, -0.05) is 11.6 Å². The maximum atomic E-state index is 11.6. The first-order valence-corrected chi connectivity index (χ1v) is 6.24. The van der Waals surface area contributed by atoms with Crippen LogP contribution in [0, 0.1) is 0 Å². The largest absolute Gasteiger partial charge is 0.492 e. The van der Waals surface area contributed by atoms with Crippen LogP contribution in [0.3, 0.4) is 0 Å². The van der Waals surface area contributed by atoms with Gasteiger partial charge in [0.25, 0.3) is 0 Å². The normalized spacial score (nSPS) is 12.0. The summed E-state index contributed by atoms with van der Waals surface area (Å²) in [7, 11) is 1.75. The zero-order valence-electron chi connectivity index (χ0n) is 10.7. The Morgan fingerprint density at radius 1 is 1.44 bits per heavy atom. The van der Waals surface area contributed by atoms with Crippen molar-refractivity contribution in [3.05, 3.63) is 29.3 Å². The molecule has 4 nitrogen and oxygen atoms in total. The van der Waals surface area contributed by atoms with Crippen LogP contribution in [0.2, 0.25) is 5.02 Å². The van der Waals surface area contributed by atoms with E-state index in [2.05, 4.69) is 0 Å². The van der Waals surface area contributed by atoms with Crippen LogP contribution in [0.25, 0.3) is 0 Å². The highest BCUT2D eigenvalue weighted by Crippen LogP contribution is 2.15. The molecule has 0 spiro atoms. The van der Waals surface area contributed by atoms with Crippen LogP contribution in [0.1, 0.15) is 13.3 Å². The monoisotopic (exact) mass is 270 g/mol. The Kier molecular flexibility index (Phi) is 5.95. The molecule has 1 aromatic carbocycles. The number of nitrogens with zero attached hydrogens (tertiary/aromatic N) is 1. The summed E-state index contributed by atoms with van der Waals surface area (Å²) in [4.78, 5) is 13.2. The fourth-order valence-electron chi connectivity index (χ4n) is 1.39. The molecule has 1 aromatic rings. The van der Waals surface area contributed by atoms with Crippen molar-refractivity contribution in [3.8, 4) is 5.75 Å². The molecule has 0 radical (unpaired) electrons. The average Bonchev–Trinajstić information content (AvgIpc) is 2.30. The molecule has 0 aliphatic heterocycles. The molecule has 0 fully saturated rings. The van der Waals surface area contributed by atoms with Crippen molar-refractivity contribution in [2.75, 3.05) is 20.2 Å². The molecule has 0 saturated heterocycles. The van der Waals surface area contributed by atoms with E-state index in [0.29, 0.717) is 24.6 Å². The molecule has 1 amide bonds. The Balaban J connectivity index is 2.28. The number of halogens is 1. The van der Waals surface area contributed by atoms with Gasteiger partial charge in [0, 0.05) is 24.5 Å². The number of likely N-dealkylation sites (N-methyl/N-ethyl adjacent to an activating group) is 1. The molecule has 0 aromatic heterocycles. The van der Waals surface area contributed by atoms with Gasteiger partial charge in [0.1, 0.15) is 12.4 Å². The quantitative estimate of drug-likeness (QED) is 0.859. The fraction of sp³-hybridized carbons (Fsp3) is 0.462. The molecule has 0 aliphatic carbocycles. The maximum Gasteiger partial charge on any atom is 0.223 e. The minimum Gasteiger partial charge on any atom is -0.492 e. The molecule has 0 bridgehead atoms. The van der Waals surface area contributed by atoms with Crippen molar-refractivity contribution >= 4 is 17.5 Å². The lowest BCUT2D eigenvalue weighted by atomic mass is 10.2. The highest BCUT2D eigenvalue weighted by Gasteiger charge is 2.10. The smallest absolute Gasteiger partial charge is 0.223 e. The number of nitrogens with two attached hydrogens (primary N) is 1. The minimum atomic E-state index is -0.114. The standard InChI is InChI=1S/C13H19ClN2O2/c1-10(15)9-13(17)16(2)7-8-18-12-5-3-11(14)4-6-12/h3-6,10H,7-9,15H2,1-2H3. The van der Waals surface area contributed by atoms with E-state index in [0.717, 1.165) is 5.75 Å². The van der Waals surface area contributed by atoms with Gasteiger partial charge in [-0.05, 0) is 31.2 Å². The highest BCUT2D eigenvalue weighted by molar-refractivity contribution is 6.30. The predicted molar refractivity (Wildman–Crippen MR) is 72.9 cm³/mol. The molecule has 0 aliphatic rings. The van der Waals surface area contributed by atoms with Crippen LogP contribution in [-0.4, -0.2) is 37.0 Å². The first-order chi connectivity index (χ1) is 8.49. The zero-order valence-corrected chi connectivity index (χ0v) is 11.5. The van der Waals surface area contributed by atoms with Crippen LogP contribution in [0.5, 0.6) is 5.75 Å². The second-order valence-electron chi connectivity index (χ2n) is 4.30. The summed E-state index contributed by atoms with van der Waals surface area (Å²) in [6.07, 6.45) is 0.359. The summed E-state index contributed by atoms with van der Waals surface area (Å²) in [5.74, 6) is 0.775. The van der Waals surface area contributed by atoms with Crippen LogP contribution >= 0.6 is 11.6 Å². The first kappa shape index (κ1) is 14.8. The second kappa shape index (κ2) is 7.24. The molecule has 2 N–H and O–H groups in total. The van der Waals surface area contributed by atoms with Crippen molar-refractivity contribution in [1.29, 1.82) is 0 Å². The summed E-state index contributed by atoms with van der Waals surface area (Å²) in [6, 6.07) is 7.01. The molecular formula is C13H19ClN2O2. The molecule has 1 unspecified atom stereocenters. The summed E-state index contributed by atoms with van der Waals surface area (Å²) in [5.41, 5.74) is 5.57. The average molecular weight is 271 g/mol. The van der Waals surface area contributed by atoms with Crippen LogP contribution in [-0.2, 0) is 4.79 Å². The summed E-state index contributed by atoms with van der Waals surface area (Å²) in [6.45, 7) is 2.80. The molecule has 18 heavy (non-hydrogen) atoms. The second-order valence-corrected chi connectivity index (χ2v) is 4.74. The number of benzene rings is 1. The van der Waals surface area contributed by atoms with Crippen molar-refractivity contribution in [2.45, 2.75) is 19.4 Å². The minimum absolute atomic E-state index is 0.0321. The van der Waals surface area contributed by atoms with Gasteiger partial charge >= 0.3 is 0 Å². The number of rotatable bonds is 6. The van der Waals surface area contributed by atoms with Crippen molar-refractivity contribution in [1.82, 2.24) is 4.90 Å². The van der Waals surface area contributed by atoms with Crippen LogP contribution < -0.4 is 10.5 Å². The Morgan fingerprint density at radius 3 is 2.61 bits per heavy atom. The van der Waals surface area contributed by atoms with Crippen molar-refractivity contribution in [3.63, 3.8) is 0 Å². The molecule has 0 saturated carbocycles. The Bertz CT molecular complexity index is 379. The van der Waals surface area contributed by atoms with Crippen LogP contribution in [0.15, 0.2) is 24.3 Å². The lowest BCUT2D eigenvalue weighted by Gasteiger charge is -2.18. The van der Waals surface area contributed by atoms with Gasteiger partial charge in [-0.2, -0.15) is 0 Å². The third kappa shape index (κ3) is 5.38. The Labute approximate surface area is 113 Å². The molecule has 100 valence electrons. The number of carbonyl (C=O) groups is 1. The van der Waals surface area contributed by atoms with E-state index in [-0.39, 0.29) is 11.9 Å². The molecular weight excluding hydrogens is 252 g/mol. The Morgan fingerprint density at radius 2 is 2.06 bits per heavy atom. The maximum absolute atomic E-state index is 11.6. The van der Waals surface area contributed by atoms with E-state index in [1.54, 1.807) is 36.2 Å². The predicted octanol–water partition coefficient (Wildman–Crippen LogP) is 1.91. The zero-order chi connectivity index (χ0) is 13.5. The number of ether oxygens (including phenoxy) is 1. The van der Waals surface area contributed by atoms with Gasteiger partial charge in [-0.25, -0.2) is 0 Å². The topological polar surface area (TPSA) is 55.6 Å². The van der Waals surface area contributed by atoms with Gasteiger partial charge in [-0.15, -0.1) is 0 Å². The first-order valence-electron chi connectivity index (χ1n) is 5.87.